The Hall–Kier alpha value is -2.37. The molecule has 0 unspecified atom stereocenters. The predicted octanol–water partition coefficient (Wildman–Crippen LogP) is 2.50. The number of aromatic nitrogens is 2. The lowest BCUT2D eigenvalue weighted by molar-refractivity contribution is -0.120. The number of fused-ring (bicyclic) bond motifs is 1. The van der Waals surface area contributed by atoms with Crippen molar-refractivity contribution in [1.82, 2.24) is 20.2 Å². The van der Waals surface area contributed by atoms with Gasteiger partial charge in [0.2, 0.25) is 5.91 Å². The monoisotopic (exact) mass is 314 g/mol. The number of benzene rings is 1. The number of carbonyl (C=O) groups excluding carboxylic acids is 2. The van der Waals surface area contributed by atoms with Crippen LogP contribution in [0.3, 0.4) is 0 Å². The summed E-state index contributed by atoms with van der Waals surface area (Å²) in [5, 5.41) is 5.31. The molecule has 122 valence electrons. The average molecular weight is 314 g/mol. The van der Waals surface area contributed by atoms with Gasteiger partial charge in [-0.3, -0.25) is 10.1 Å². The van der Waals surface area contributed by atoms with Crippen LogP contribution in [-0.2, 0) is 11.3 Å². The number of carbonyl (C=O) groups is 2. The lowest BCUT2D eigenvalue weighted by Crippen LogP contribution is -2.46. The Balaban J connectivity index is 1.60. The summed E-state index contributed by atoms with van der Waals surface area (Å²) in [6.45, 7) is 1.94. The molecule has 1 aromatic heterocycles. The quantitative estimate of drug-likeness (QED) is 0.914. The van der Waals surface area contributed by atoms with E-state index in [1.807, 2.05) is 35.8 Å². The van der Waals surface area contributed by atoms with Crippen LogP contribution < -0.4 is 10.6 Å². The summed E-state index contributed by atoms with van der Waals surface area (Å²) in [6, 6.07) is 7.44. The SMILES string of the molecule is Cc1nc2ccccc2n1CC(=O)NC(=O)NC1CCCCC1. The Labute approximate surface area is 135 Å². The van der Waals surface area contributed by atoms with Gasteiger partial charge in [0.25, 0.3) is 0 Å². The Morgan fingerprint density at radius 2 is 1.96 bits per heavy atom. The molecular weight excluding hydrogens is 292 g/mol. The number of imidazole rings is 1. The zero-order chi connectivity index (χ0) is 16.2. The Morgan fingerprint density at radius 3 is 2.74 bits per heavy atom. The van der Waals surface area contributed by atoms with E-state index < -0.39 is 6.03 Å². The summed E-state index contributed by atoms with van der Waals surface area (Å²) in [5.41, 5.74) is 1.75. The van der Waals surface area contributed by atoms with Crippen molar-refractivity contribution in [3.05, 3.63) is 30.1 Å². The number of imide groups is 1. The molecule has 1 aromatic carbocycles. The smallest absolute Gasteiger partial charge is 0.321 e. The molecule has 2 aromatic rings. The minimum Gasteiger partial charge on any atom is -0.335 e. The first-order valence-corrected chi connectivity index (χ1v) is 8.15. The predicted molar refractivity (Wildman–Crippen MR) is 88.0 cm³/mol. The molecule has 0 aliphatic heterocycles. The van der Waals surface area contributed by atoms with Crippen molar-refractivity contribution in [2.45, 2.75) is 51.6 Å². The molecular formula is C17H22N4O2. The maximum atomic E-state index is 12.1. The molecule has 1 aliphatic rings. The number of nitrogens with one attached hydrogen (secondary N) is 2. The second kappa shape index (κ2) is 6.81. The maximum Gasteiger partial charge on any atom is 0.321 e. The number of hydrogen-bond donors (Lipinski definition) is 2. The highest BCUT2D eigenvalue weighted by Gasteiger charge is 2.17. The molecule has 3 amide bonds. The van der Waals surface area contributed by atoms with Crippen molar-refractivity contribution >= 4 is 23.0 Å². The summed E-state index contributed by atoms with van der Waals surface area (Å²) >= 11 is 0. The number of para-hydroxylation sites is 2. The number of rotatable bonds is 3. The zero-order valence-electron chi connectivity index (χ0n) is 13.3. The number of hydrogen-bond acceptors (Lipinski definition) is 3. The molecule has 1 saturated carbocycles. The summed E-state index contributed by atoms with van der Waals surface area (Å²) in [4.78, 5) is 28.5. The van der Waals surface area contributed by atoms with Crippen LogP contribution in [0.5, 0.6) is 0 Å². The van der Waals surface area contributed by atoms with E-state index in [-0.39, 0.29) is 18.5 Å². The lowest BCUT2D eigenvalue weighted by atomic mass is 9.96. The van der Waals surface area contributed by atoms with Crippen LogP contribution in [0.1, 0.15) is 37.9 Å². The largest absolute Gasteiger partial charge is 0.335 e. The van der Waals surface area contributed by atoms with E-state index in [9.17, 15) is 9.59 Å². The summed E-state index contributed by atoms with van der Waals surface area (Å²) < 4.78 is 1.82. The number of nitrogens with zero attached hydrogens (tertiary/aromatic N) is 2. The van der Waals surface area contributed by atoms with Crippen molar-refractivity contribution in [2.24, 2.45) is 0 Å². The fraction of sp³-hybridized carbons (Fsp3) is 0.471. The third-order valence-corrected chi connectivity index (χ3v) is 4.34. The highest BCUT2D eigenvalue weighted by molar-refractivity contribution is 5.94. The number of aryl methyl sites for hydroxylation is 1. The van der Waals surface area contributed by atoms with Gasteiger partial charge in [-0.15, -0.1) is 0 Å². The van der Waals surface area contributed by atoms with Gasteiger partial charge in [-0.1, -0.05) is 31.4 Å². The van der Waals surface area contributed by atoms with Crippen molar-refractivity contribution in [1.29, 1.82) is 0 Å². The second-order valence-corrected chi connectivity index (χ2v) is 6.09. The second-order valence-electron chi connectivity index (χ2n) is 6.09. The fourth-order valence-corrected chi connectivity index (χ4v) is 3.17. The molecule has 1 heterocycles. The first-order valence-electron chi connectivity index (χ1n) is 8.15. The van der Waals surface area contributed by atoms with E-state index in [4.69, 9.17) is 0 Å². The Kier molecular flexibility index (Phi) is 4.60. The van der Waals surface area contributed by atoms with E-state index in [1.165, 1.54) is 6.42 Å². The molecule has 3 rings (SSSR count). The van der Waals surface area contributed by atoms with Crippen LogP contribution in [0.25, 0.3) is 11.0 Å². The fourth-order valence-electron chi connectivity index (χ4n) is 3.17. The minimum atomic E-state index is -0.399. The van der Waals surface area contributed by atoms with Crippen LogP contribution in [0.2, 0.25) is 0 Å². The van der Waals surface area contributed by atoms with Gasteiger partial charge in [-0.25, -0.2) is 9.78 Å². The van der Waals surface area contributed by atoms with Crippen molar-refractivity contribution in [3.63, 3.8) is 0 Å². The third-order valence-electron chi connectivity index (χ3n) is 4.34. The van der Waals surface area contributed by atoms with E-state index in [1.54, 1.807) is 0 Å². The first-order chi connectivity index (χ1) is 11.1. The summed E-state index contributed by atoms with van der Waals surface area (Å²) in [5.74, 6) is 0.429. The highest BCUT2D eigenvalue weighted by atomic mass is 16.2. The lowest BCUT2D eigenvalue weighted by Gasteiger charge is -2.22. The summed E-state index contributed by atoms with van der Waals surface area (Å²) in [7, 11) is 0. The summed E-state index contributed by atoms with van der Waals surface area (Å²) in [6.07, 6.45) is 5.49. The molecule has 0 atom stereocenters. The molecule has 0 bridgehead atoms. The van der Waals surface area contributed by atoms with Gasteiger partial charge in [0.05, 0.1) is 11.0 Å². The molecule has 1 fully saturated rings. The van der Waals surface area contributed by atoms with Crippen molar-refractivity contribution in [2.75, 3.05) is 0 Å². The maximum absolute atomic E-state index is 12.1. The molecule has 23 heavy (non-hydrogen) atoms. The van der Waals surface area contributed by atoms with Crippen LogP contribution in [-0.4, -0.2) is 27.5 Å². The number of amides is 3. The van der Waals surface area contributed by atoms with E-state index in [2.05, 4.69) is 15.6 Å². The van der Waals surface area contributed by atoms with Gasteiger partial charge >= 0.3 is 6.03 Å². The van der Waals surface area contributed by atoms with E-state index in [0.29, 0.717) is 0 Å². The minimum absolute atomic E-state index is 0.0877. The van der Waals surface area contributed by atoms with Crippen molar-refractivity contribution in [3.8, 4) is 0 Å². The van der Waals surface area contributed by atoms with Gasteiger partial charge in [0, 0.05) is 6.04 Å². The topological polar surface area (TPSA) is 76.0 Å². The molecule has 6 nitrogen and oxygen atoms in total. The molecule has 2 N–H and O–H groups in total. The standard InChI is InChI=1S/C17H22N4O2/c1-12-18-14-9-5-6-10-15(14)21(12)11-16(22)20-17(23)19-13-7-3-2-4-8-13/h5-6,9-10,13H,2-4,7-8,11H2,1H3,(H2,19,20,22,23). The molecule has 1 aliphatic carbocycles. The Bertz CT molecular complexity index is 716. The Morgan fingerprint density at radius 1 is 1.22 bits per heavy atom. The molecule has 0 spiro atoms. The van der Waals surface area contributed by atoms with Gasteiger partial charge in [0.1, 0.15) is 12.4 Å². The molecule has 0 radical (unpaired) electrons. The third kappa shape index (κ3) is 3.70. The highest BCUT2D eigenvalue weighted by Crippen LogP contribution is 2.17. The van der Waals surface area contributed by atoms with Crippen LogP contribution >= 0.6 is 0 Å². The molecule has 0 saturated heterocycles. The van der Waals surface area contributed by atoms with Gasteiger partial charge in [0.15, 0.2) is 0 Å². The number of urea groups is 1. The van der Waals surface area contributed by atoms with Gasteiger partial charge < -0.3 is 9.88 Å². The van der Waals surface area contributed by atoms with E-state index >= 15 is 0 Å². The van der Waals surface area contributed by atoms with Crippen LogP contribution in [0.4, 0.5) is 4.79 Å². The zero-order valence-corrected chi connectivity index (χ0v) is 13.3. The van der Waals surface area contributed by atoms with Gasteiger partial charge in [-0.05, 0) is 31.9 Å². The van der Waals surface area contributed by atoms with Crippen molar-refractivity contribution < 1.29 is 9.59 Å². The van der Waals surface area contributed by atoms with E-state index in [0.717, 1.165) is 42.5 Å². The molecule has 6 heteroatoms. The first kappa shape index (κ1) is 15.5. The van der Waals surface area contributed by atoms with Gasteiger partial charge in [-0.2, -0.15) is 0 Å². The average Bonchev–Trinajstić information content (AvgIpc) is 2.84. The van der Waals surface area contributed by atoms with Crippen LogP contribution in [0, 0.1) is 6.92 Å². The normalized spacial score (nSPS) is 15.5. The van der Waals surface area contributed by atoms with Crippen LogP contribution in [0.15, 0.2) is 24.3 Å².